The topological polar surface area (TPSA) is 202 Å². The molecule has 0 aromatic heterocycles. The molecule has 6 N–H and O–H groups in total. The van der Waals surface area contributed by atoms with Gasteiger partial charge in [0.2, 0.25) is 17.7 Å². The Kier molecular flexibility index (Phi) is 18.9. The zero-order valence-corrected chi connectivity index (χ0v) is 30.7. The molecular weight excluding hydrogens is 733 g/mol. The van der Waals surface area contributed by atoms with E-state index in [0.717, 1.165) is 19.3 Å². The van der Waals surface area contributed by atoms with Crippen molar-refractivity contribution in [1.82, 2.24) is 16.0 Å². The van der Waals surface area contributed by atoms with Crippen LogP contribution in [0.15, 0.2) is 66.7 Å². The molecule has 0 spiro atoms. The molecule has 2 atom stereocenters. The lowest BCUT2D eigenvalue weighted by Gasteiger charge is -2.24. The highest BCUT2D eigenvalue weighted by molar-refractivity contribution is 6.35. The van der Waals surface area contributed by atoms with Crippen molar-refractivity contribution in [3.63, 3.8) is 0 Å². The molecule has 288 valence electrons. The normalized spacial score (nSPS) is 12.1. The number of rotatable bonds is 24. The van der Waals surface area contributed by atoms with Crippen LogP contribution in [0.25, 0.3) is 0 Å². The van der Waals surface area contributed by atoms with Crippen LogP contribution in [0.3, 0.4) is 0 Å². The van der Waals surface area contributed by atoms with E-state index in [1.165, 1.54) is 0 Å². The fourth-order valence-corrected chi connectivity index (χ4v) is 5.59. The predicted octanol–water partition coefficient (Wildman–Crippen LogP) is 5.23. The number of hydrogen-bond acceptors (Lipinski definition) is 10. The number of carboxylic acid groups (broad SMARTS) is 1. The van der Waals surface area contributed by atoms with Crippen LogP contribution in [0.2, 0.25) is 10.0 Å². The Bertz CT molecular complexity index is 1580. The summed E-state index contributed by atoms with van der Waals surface area (Å²) in [4.78, 5) is 59.3. The first-order valence-electron chi connectivity index (χ1n) is 17.0. The first kappa shape index (κ1) is 43.0. The molecule has 0 heterocycles. The summed E-state index contributed by atoms with van der Waals surface area (Å²) in [6.07, 6.45) is 1.13. The third-order valence-electron chi connectivity index (χ3n) is 7.92. The van der Waals surface area contributed by atoms with Crippen molar-refractivity contribution in [3.8, 4) is 11.5 Å². The quantitative estimate of drug-likeness (QED) is 0.0395. The SMILES string of the molecule is CCCCCNC(=O)C(Cc1ccc(OC(COO)COO)cc1)NC(=O)C(Cc1ccc(OCc2c(Cl)cccc2Cl)cc1)NC(=O)CCC(=O)O. The number of ether oxygens (including phenoxy) is 2. The van der Waals surface area contributed by atoms with Gasteiger partial charge in [0, 0.05) is 41.4 Å². The van der Waals surface area contributed by atoms with Crippen LogP contribution in [0.1, 0.15) is 55.7 Å². The van der Waals surface area contributed by atoms with Crippen molar-refractivity contribution in [2.45, 2.75) is 76.7 Å². The van der Waals surface area contributed by atoms with Crippen LogP contribution in [0.4, 0.5) is 0 Å². The first-order valence-corrected chi connectivity index (χ1v) is 17.8. The van der Waals surface area contributed by atoms with Gasteiger partial charge in [-0.05, 0) is 53.9 Å². The van der Waals surface area contributed by atoms with Gasteiger partial charge < -0.3 is 30.5 Å². The fraction of sp³-hybridized carbons (Fsp3) is 0.405. The third kappa shape index (κ3) is 15.6. The minimum Gasteiger partial charge on any atom is -0.489 e. The van der Waals surface area contributed by atoms with Gasteiger partial charge in [0.25, 0.3) is 0 Å². The maximum atomic E-state index is 13.8. The molecule has 3 aromatic rings. The lowest BCUT2D eigenvalue weighted by atomic mass is 10.0. The van der Waals surface area contributed by atoms with Gasteiger partial charge in [-0.15, -0.1) is 0 Å². The van der Waals surface area contributed by atoms with Gasteiger partial charge in [0.1, 0.15) is 43.4 Å². The van der Waals surface area contributed by atoms with Gasteiger partial charge in [-0.25, -0.2) is 9.78 Å². The second-order valence-corrected chi connectivity index (χ2v) is 12.9. The highest BCUT2D eigenvalue weighted by atomic mass is 35.5. The number of aliphatic carboxylic acids is 1. The summed E-state index contributed by atoms with van der Waals surface area (Å²) < 4.78 is 11.5. The van der Waals surface area contributed by atoms with Crippen LogP contribution < -0.4 is 25.4 Å². The second kappa shape index (κ2) is 23.3. The number of carbonyl (C=O) groups is 4. The molecule has 0 aliphatic heterocycles. The zero-order valence-electron chi connectivity index (χ0n) is 29.2. The standard InChI is InChI=1S/C37H45Cl2N3O11/c1-2-3-4-18-40-36(46)32(19-25-10-14-27(15-11-25)53-28(21-51-48)22-52-49)42-37(47)33(41-34(43)16-17-35(44)45)20-24-8-12-26(13-9-24)50-23-29-30(38)6-5-7-31(29)39/h5-15,28,32-33,48-49H,2-4,16-23H2,1H3,(H,40,46)(H,41,43)(H,42,47)(H,44,45). The molecule has 0 fully saturated rings. The van der Waals surface area contributed by atoms with Crippen molar-refractivity contribution >= 4 is 46.9 Å². The Labute approximate surface area is 317 Å². The smallest absolute Gasteiger partial charge is 0.303 e. The van der Waals surface area contributed by atoms with E-state index >= 15 is 0 Å². The predicted molar refractivity (Wildman–Crippen MR) is 196 cm³/mol. The number of carboxylic acids is 1. The first-order chi connectivity index (χ1) is 25.5. The molecule has 3 aromatic carbocycles. The van der Waals surface area contributed by atoms with E-state index < -0.39 is 48.3 Å². The van der Waals surface area contributed by atoms with Crippen LogP contribution in [-0.4, -0.2) is 77.3 Å². The Balaban J connectivity index is 1.78. The Morgan fingerprint density at radius 2 is 1.30 bits per heavy atom. The van der Waals surface area contributed by atoms with Crippen LogP contribution in [0.5, 0.6) is 11.5 Å². The van der Waals surface area contributed by atoms with Crippen LogP contribution >= 0.6 is 23.2 Å². The monoisotopic (exact) mass is 777 g/mol. The van der Waals surface area contributed by atoms with E-state index in [0.29, 0.717) is 44.8 Å². The molecule has 0 aliphatic rings. The average molecular weight is 779 g/mol. The molecule has 0 saturated heterocycles. The fourth-order valence-electron chi connectivity index (χ4n) is 5.09. The highest BCUT2D eigenvalue weighted by Crippen LogP contribution is 2.26. The lowest BCUT2D eigenvalue weighted by molar-refractivity contribution is -0.286. The zero-order chi connectivity index (χ0) is 38.6. The summed E-state index contributed by atoms with van der Waals surface area (Å²) >= 11 is 12.5. The van der Waals surface area contributed by atoms with Gasteiger partial charge >= 0.3 is 5.97 Å². The van der Waals surface area contributed by atoms with Gasteiger partial charge in [-0.3, -0.25) is 29.7 Å². The van der Waals surface area contributed by atoms with Crippen LogP contribution in [0, 0.1) is 0 Å². The molecule has 3 rings (SSSR count). The van der Waals surface area contributed by atoms with E-state index in [9.17, 15) is 19.2 Å². The maximum Gasteiger partial charge on any atom is 0.303 e. The molecule has 16 heteroatoms. The highest BCUT2D eigenvalue weighted by Gasteiger charge is 2.28. The Hall–Kier alpha value is -4.44. The van der Waals surface area contributed by atoms with Crippen molar-refractivity contribution in [1.29, 1.82) is 0 Å². The van der Waals surface area contributed by atoms with Crippen molar-refractivity contribution < 1.29 is 54.0 Å². The number of nitrogens with one attached hydrogen (secondary N) is 3. The van der Waals surface area contributed by atoms with Crippen molar-refractivity contribution in [2.24, 2.45) is 0 Å². The number of unbranched alkanes of at least 4 members (excludes halogenated alkanes) is 2. The third-order valence-corrected chi connectivity index (χ3v) is 8.63. The summed E-state index contributed by atoms with van der Waals surface area (Å²) in [5.74, 6) is -2.00. The second-order valence-electron chi connectivity index (χ2n) is 12.1. The molecule has 14 nitrogen and oxygen atoms in total. The van der Waals surface area contributed by atoms with Gasteiger partial charge in [-0.2, -0.15) is 0 Å². The number of hydrogen-bond donors (Lipinski definition) is 6. The van der Waals surface area contributed by atoms with E-state index in [1.54, 1.807) is 66.7 Å². The van der Waals surface area contributed by atoms with E-state index in [2.05, 4.69) is 25.7 Å². The Morgan fingerprint density at radius 1 is 0.736 bits per heavy atom. The minimum absolute atomic E-state index is 0.0222. The largest absolute Gasteiger partial charge is 0.489 e. The molecule has 0 bridgehead atoms. The summed E-state index contributed by atoms with van der Waals surface area (Å²) in [5, 5.41) is 35.8. The minimum atomic E-state index is -1.16. The molecular formula is C37H45Cl2N3O11. The summed E-state index contributed by atoms with van der Waals surface area (Å²) in [7, 11) is 0. The van der Waals surface area contributed by atoms with Crippen LogP contribution in [-0.2, 0) is 48.4 Å². The molecule has 0 radical (unpaired) electrons. The molecule has 3 amide bonds. The van der Waals surface area contributed by atoms with Gasteiger partial charge in [0.15, 0.2) is 6.10 Å². The van der Waals surface area contributed by atoms with Gasteiger partial charge in [0.05, 0.1) is 6.42 Å². The summed E-state index contributed by atoms with van der Waals surface area (Å²) in [6.45, 7) is 2.03. The number of halogens is 2. The average Bonchev–Trinajstić information content (AvgIpc) is 3.13. The molecule has 0 saturated carbocycles. The summed E-state index contributed by atoms with van der Waals surface area (Å²) in [5.41, 5.74) is 1.94. The van der Waals surface area contributed by atoms with E-state index in [-0.39, 0.29) is 39.1 Å². The van der Waals surface area contributed by atoms with Crippen molar-refractivity contribution in [2.75, 3.05) is 19.8 Å². The maximum absolute atomic E-state index is 13.8. The lowest BCUT2D eigenvalue weighted by Crippen LogP contribution is -2.55. The van der Waals surface area contributed by atoms with Gasteiger partial charge in [-0.1, -0.05) is 73.3 Å². The van der Waals surface area contributed by atoms with Crippen molar-refractivity contribution in [3.05, 3.63) is 93.5 Å². The summed E-state index contributed by atoms with van der Waals surface area (Å²) in [6, 6.07) is 16.4. The molecule has 0 aliphatic carbocycles. The Morgan fingerprint density at radius 3 is 1.85 bits per heavy atom. The number of amides is 3. The molecule has 53 heavy (non-hydrogen) atoms. The number of benzene rings is 3. The number of carbonyl (C=O) groups excluding carboxylic acids is 3. The van der Waals surface area contributed by atoms with E-state index in [4.69, 9.17) is 48.3 Å². The van der Waals surface area contributed by atoms with E-state index in [1.807, 2.05) is 6.92 Å². The molecule has 2 unspecified atom stereocenters.